The molecule has 0 aromatic heterocycles. The maximum atomic E-state index is 12.6. The first-order valence-corrected chi connectivity index (χ1v) is 7.57. The lowest BCUT2D eigenvalue weighted by atomic mass is 9.83. The molecule has 2 unspecified atom stereocenters. The van der Waals surface area contributed by atoms with Crippen molar-refractivity contribution < 1.29 is 4.79 Å². The average molecular weight is 274 g/mol. The monoisotopic (exact) mass is 274 g/mol. The Labute approximate surface area is 122 Å². The summed E-state index contributed by atoms with van der Waals surface area (Å²) in [5.74, 6) is 0.193. The standard InChI is InChI=1S/C17H26N2O/c1-5-17(8-9-18-11-17)16(20)19-14(4)15-10-12(2)6-7-13(15)3/h6-7,10,14,18H,5,8-9,11H2,1-4H3,(H,19,20). The van der Waals surface area contributed by atoms with Crippen LogP contribution in [0, 0.1) is 19.3 Å². The number of hydrogen-bond acceptors (Lipinski definition) is 2. The van der Waals surface area contributed by atoms with E-state index in [-0.39, 0.29) is 17.4 Å². The van der Waals surface area contributed by atoms with Crippen molar-refractivity contribution in [2.75, 3.05) is 13.1 Å². The molecule has 110 valence electrons. The van der Waals surface area contributed by atoms with Gasteiger partial charge < -0.3 is 10.6 Å². The molecule has 0 spiro atoms. The van der Waals surface area contributed by atoms with Crippen LogP contribution in [0.15, 0.2) is 18.2 Å². The van der Waals surface area contributed by atoms with Gasteiger partial charge in [0.25, 0.3) is 0 Å². The molecule has 2 atom stereocenters. The Morgan fingerprint density at radius 1 is 1.45 bits per heavy atom. The van der Waals surface area contributed by atoms with E-state index in [0.29, 0.717) is 0 Å². The minimum atomic E-state index is -0.216. The zero-order valence-corrected chi connectivity index (χ0v) is 13.0. The molecule has 1 fully saturated rings. The number of rotatable bonds is 4. The summed E-state index contributed by atoms with van der Waals surface area (Å²) >= 11 is 0. The second-order valence-electron chi connectivity index (χ2n) is 6.12. The molecule has 0 aliphatic carbocycles. The van der Waals surface area contributed by atoms with Gasteiger partial charge in [-0.05, 0) is 51.3 Å². The highest BCUT2D eigenvalue weighted by atomic mass is 16.2. The fraction of sp³-hybridized carbons (Fsp3) is 0.588. The first-order chi connectivity index (χ1) is 9.48. The fourth-order valence-corrected chi connectivity index (χ4v) is 3.05. The maximum absolute atomic E-state index is 12.6. The highest BCUT2D eigenvalue weighted by Crippen LogP contribution is 2.31. The van der Waals surface area contributed by atoms with Crippen molar-refractivity contribution >= 4 is 5.91 Å². The SMILES string of the molecule is CCC1(C(=O)NC(C)c2cc(C)ccc2C)CCNC1. The molecule has 1 heterocycles. The number of amides is 1. The first-order valence-electron chi connectivity index (χ1n) is 7.57. The van der Waals surface area contributed by atoms with Crippen molar-refractivity contribution in [2.24, 2.45) is 5.41 Å². The smallest absolute Gasteiger partial charge is 0.228 e. The van der Waals surface area contributed by atoms with Crippen LogP contribution in [0.1, 0.15) is 49.4 Å². The summed E-state index contributed by atoms with van der Waals surface area (Å²) in [6.45, 7) is 10.1. The molecule has 1 aliphatic rings. The van der Waals surface area contributed by atoms with Crippen molar-refractivity contribution in [3.63, 3.8) is 0 Å². The van der Waals surface area contributed by atoms with Crippen LogP contribution in [-0.4, -0.2) is 19.0 Å². The van der Waals surface area contributed by atoms with Crippen molar-refractivity contribution in [1.82, 2.24) is 10.6 Å². The highest BCUT2D eigenvalue weighted by Gasteiger charge is 2.39. The number of carbonyl (C=O) groups is 1. The third kappa shape index (κ3) is 2.88. The quantitative estimate of drug-likeness (QED) is 0.886. The van der Waals surface area contributed by atoms with Crippen LogP contribution in [0.2, 0.25) is 0 Å². The Balaban J connectivity index is 2.12. The number of carbonyl (C=O) groups excluding carboxylic acids is 1. The molecule has 2 N–H and O–H groups in total. The average Bonchev–Trinajstić information content (AvgIpc) is 2.91. The van der Waals surface area contributed by atoms with Gasteiger partial charge in [-0.2, -0.15) is 0 Å². The predicted octanol–water partition coefficient (Wildman–Crippen LogP) is 2.87. The number of nitrogens with one attached hydrogen (secondary N) is 2. The molecule has 1 aliphatic heterocycles. The lowest BCUT2D eigenvalue weighted by Crippen LogP contribution is -2.43. The second kappa shape index (κ2) is 5.96. The zero-order valence-electron chi connectivity index (χ0n) is 13.0. The van der Waals surface area contributed by atoms with Gasteiger partial charge in [-0.3, -0.25) is 4.79 Å². The van der Waals surface area contributed by atoms with Crippen molar-refractivity contribution in [1.29, 1.82) is 0 Å². The van der Waals surface area contributed by atoms with Gasteiger partial charge in [0.1, 0.15) is 0 Å². The van der Waals surface area contributed by atoms with Gasteiger partial charge in [-0.25, -0.2) is 0 Å². The van der Waals surface area contributed by atoms with Gasteiger partial charge in [0.05, 0.1) is 11.5 Å². The van der Waals surface area contributed by atoms with E-state index in [1.54, 1.807) is 0 Å². The first kappa shape index (κ1) is 15.0. The van der Waals surface area contributed by atoms with Gasteiger partial charge in [0.2, 0.25) is 5.91 Å². The van der Waals surface area contributed by atoms with Gasteiger partial charge in [-0.1, -0.05) is 30.7 Å². The number of hydrogen-bond donors (Lipinski definition) is 2. The molecule has 20 heavy (non-hydrogen) atoms. The minimum absolute atomic E-state index is 0.0615. The van der Waals surface area contributed by atoms with Gasteiger partial charge in [-0.15, -0.1) is 0 Å². The molecule has 2 rings (SSSR count). The summed E-state index contributed by atoms with van der Waals surface area (Å²) in [6.07, 6.45) is 1.83. The second-order valence-corrected chi connectivity index (χ2v) is 6.12. The Morgan fingerprint density at radius 3 is 2.80 bits per heavy atom. The van der Waals surface area contributed by atoms with E-state index >= 15 is 0 Å². The summed E-state index contributed by atoms with van der Waals surface area (Å²) in [6, 6.07) is 6.47. The van der Waals surface area contributed by atoms with Crippen LogP contribution in [0.3, 0.4) is 0 Å². The molecule has 1 aromatic carbocycles. The Bertz CT molecular complexity index is 490. The van der Waals surface area contributed by atoms with E-state index in [1.165, 1.54) is 16.7 Å². The van der Waals surface area contributed by atoms with Gasteiger partial charge in [0.15, 0.2) is 0 Å². The lowest BCUT2D eigenvalue weighted by Gasteiger charge is -2.28. The summed E-state index contributed by atoms with van der Waals surface area (Å²) < 4.78 is 0. The zero-order chi connectivity index (χ0) is 14.8. The largest absolute Gasteiger partial charge is 0.349 e. The minimum Gasteiger partial charge on any atom is -0.349 e. The molecular weight excluding hydrogens is 248 g/mol. The third-order valence-electron chi connectivity index (χ3n) is 4.65. The Morgan fingerprint density at radius 2 is 2.20 bits per heavy atom. The van der Waals surface area contributed by atoms with Crippen LogP contribution in [0.4, 0.5) is 0 Å². The third-order valence-corrected chi connectivity index (χ3v) is 4.65. The highest BCUT2D eigenvalue weighted by molar-refractivity contribution is 5.83. The fourth-order valence-electron chi connectivity index (χ4n) is 3.05. The van der Waals surface area contributed by atoms with Crippen molar-refractivity contribution in [3.05, 3.63) is 34.9 Å². The molecule has 1 saturated heterocycles. The summed E-state index contributed by atoms with van der Waals surface area (Å²) in [5.41, 5.74) is 3.47. The Kier molecular flexibility index (Phi) is 4.48. The number of aryl methyl sites for hydroxylation is 2. The predicted molar refractivity (Wildman–Crippen MR) is 82.7 cm³/mol. The molecule has 1 amide bonds. The maximum Gasteiger partial charge on any atom is 0.228 e. The normalized spacial score (nSPS) is 23.6. The van der Waals surface area contributed by atoms with E-state index in [4.69, 9.17) is 0 Å². The molecule has 0 radical (unpaired) electrons. The molecule has 1 aromatic rings. The van der Waals surface area contributed by atoms with Crippen LogP contribution in [0.5, 0.6) is 0 Å². The van der Waals surface area contributed by atoms with Crippen molar-refractivity contribution in [2.45, 2.75) is 46.6 Å². The van der Waals surface area contributed by atoms with E-state index in [9.17, 15) is 4.79 Å². The van der Waals surface area contributed by atoms with Crippen molar-refractivity contribution in [3.8, 4) is 0 Å². The summed E-state index contributed by atoms with van der Waals surface area (Å²) in [5, 5.41) is 6.54. The Hall–Kier alpha value is -1.35. The molecule has 3 nitrogen and oxygen atoms in total. The lowest BCUT2D eigenvalue weighted by molar-refractivity contribution is -0.131. The summed E-state index contributed by atoms with van der Waals surface area (Å²) in [4.78, 5) is 12.6. The van der Waals surface area contributed by atoms with Crippen LogP contribution in [0.25, 0.3) is 0 Å². The van der Waals surface area contributed by atoms with Gasteiger partial charge >= 0.3 is 0 Å². The number of benzene rings is 1. The molecule has 0 saturated carbocycles. The van der Waals surface area contributed by atoms with Crippen LogP contribution >= 0.6 is 0 Å². The van der Waals surface area contributed by atoms with E-state index in [0.717, 1.165) is 25.9 Å². The molecular formula is C17H26N2O. The van der Waals surface area contributed by atoms with E-state index < -0.39 is 0 Å². The molecule has 3 heteroatoms. The topological polar surface area (TPSA) is 41.1 Å². The molecule has 0 bridgehead atoms. The van der Waals surface area contributed by atoms with Gasteiger partial charge in [0, 0.05) is 6.54 Å². The van der Waals surface area contributed by atoms with Crippen LogP contribution < -0.4 is 10.6 Å². The summed E-state index contributed by atoms with van der Waals surface area (Å²) in [7, 11) is 0. The van der Waals surface area contributed by atoms with E-state index in [2.05, 4.69) is 56.5 Å². The van der Waals surface area contributed by atoms with Crippen LogP contribution in [-0.2, 0) is 4.79 Å². The van der Waals surface area contributed by atoms with E-state index in [1.807, 2.05) is 0 Å².